The minimum Gasteiger partial charge on any atom is -0.349 e. The molecular formula is C20H21FN4O2. The minimum absolute atomic E-state index is 0.112. The fourth-order valence-corrected chi connectivity index (χ4v) is 4.18. The van der Waals surface area contributed by atoms with Gasteiger partial charge in [0.2, 0.25) is 0 Å². The zero-order chi connectivity index (χ0) is 18.9. The SMILES string of the molecule is O=C(NC1CC2(CCN(C(=O)c3cccc(F)c3)CC2)C1)c1ccnnc1. The lowest BCUT2D eigenvalue weighted by Crippen LogP contribution is -2.55. The second kappa shape index (κ2) is 7.06. The molecule has 0 atom stereocenters. The van der Waals surface area contributed by atoms with E-state index in [-0.39, 0.29) is 23.3 Å². The third-order valence-electron chi connectivity index (χ3n) is 5.72. The van der Waals surface area contributed by atoms with Crippen LogP contribution in [0.4, 0.5) is 4.39 Å². The van der Waals surface area contributed by atoms with E-state index in [1.165, 1.54) is 24.5 Å². The van der Waals surface area contributed by atoms with Gasteiger partial charge in [0.25, 0.3) is 11.8 Å². The molecule has 1 aromatic carbocycles. The van der Waals surface area contributed by atoms with E-state index in [1.807, 2.05) is 0 Å². The lowest BCUT2D eigenvalue weighted by molar-refractivity contribution is 0.00861. The summed E-state index contributed by atoms with van der Waals surface area (Å²) in [6, 6.07) is 7.65. The number of nitrogens with one attached hydrogen (secondary N) is 1. The van der Waals surface area contributed by atoms with Crippen LogP contribution in [0.1, 0.15) is 46.4 Å². The summed E-state index contributed by atoms with van der Waals surface area (Å²) in [5, 5.41) is 10.4. The molecule has 6 nitrogen and oxygen atoms in total. The van der Waals surface area contributed by atoms with Gasteiger partial charge in [0.15, 0.2) is 0 Å². The number of amides is 2. The van der Waals surface area contributed by atoms with Gasteiger partial charge in [-0.2, -0.15) is 10.2 Å². The standard InChI is InChI=1S/C20H21FN4O2/c21-16-3-1-2-14(10-16)19(27)25-8-5-20(6-9-25)11-17(12-20)24-18(26)15-4-7-22-23-13-15/h1-4,7,10,13,17H,5-6,8-9,11-12H2,(H,24,26). The first-order valence-electron chi connectivity index (χ1n) is 9.17. The zero-order valence-corrected chi connectivity index (χ0v) is 14.9. The molecule has 2 fully saturated rings. The topological polar surface area (TPSA) is 75.2 Å². The molecule has 1 aromatic heterocycles. The molecule has 1 saturated carbocycles. The van der Waals surface area contributed by atoms with E-state index in [0.29, 0.717) is 24.2 Å². The van der Waals surface area contributed by atoms with E-state index in [9.17, 15) is 14.0 Å². The van der Waals surface area contributed by atoms with Gasteiger partial charge < -0.3 is 10.2 Å². The van der Waals surface area contributed by atoms with E-state index in [0.717, 1.165) is 25.7 Å². The van der Waals surface area contributed by atoms with Crippen molar-refractivity contribution < 1.29 is 14.0 Å². The number of likely N-dealkylation sites (tertiary alicyclic amines) is 1. The molecule has 1 aliphatic carbocycles. The van der Waals surface area contributed by atoms with Crippen LogP contribution in [-0.2, 0) is 0 Å². The predicted molar refractivity (Wildman–Crippen MR) is 96.5 cm³/mol. The average molecular weight is 368 g/mol. The second-order valence-electron chi connectivity index (χ2n) is 7.51. The summed E-state index contributed by atoms with van der Waals surface area (Å²) < 4.78 is 13.3. The molecule has 2 aromatic rings. The molecule has 1 aliphatic heterocycles. The Morgan fingerprint density at radius 2 is 1.89 bits per heavy atom. The van der Waals surface area contributed by atoms with Crippen LogP contribution < -0.4 is 5.32 Å². The van der Waals surface area contributed by atoms with Gasteiger partial charge >= 0.3 is 0 Å². The maximum atomic E-state index is 13.3. The van der Waals surface area contributed by atoms with E-state index in [2.05, 4.69) is 15.5 Å². The van der Waals surface area contributed by atoms with Crippen LogP contribution in [-0.4, -0.2) is 46.0 Å². The highest BCUT2D eigenvalue weighted by Gasteiger charge is 2.46. The average Bonchev–Trinajstić information content (AvgIpc) is 2.67. The highest BCUT2D eigenvalue weighted by Crippen LogP contribution is 2.49. The Morgan fingerprint density at radius 3 is 2.56 bits per heavy atom. The predicted octanol–water partition coefficient (Wildman–Crippen LogP) is 2.43. The van der Waals surface area contributed by atoms with Crippen molar-refractivity contribution in [3.8, 4) is 0 Å². The molecule has 0 bridgehead atoms. The molecule has 2 aliphatic rings. The lowest BCUT2D eigenvalue weighted by Gasteiger charge is -2.52. The fourth-order valence-electron chi connectivity index (χ4n) is 4.18. The fraction of sp³-hybridized carbons (Fsp3) is 0.400. The number of benzene rings is 1. The number of nitrogens with zero attached hydrogens (tertiary/aromatic N) is 3. The van der Waals surface area contributed by atoms with Crippen molar-refractivity contribution in [1.82, 2.24) is 20.4 Å². The smallest absolute Gasteiger partial charge is 0.253 e. The molecule has 1 saturated heterocycles. The summed E-state index contributed by atoms with van der Waals surface area (Å²) in [6.45, 7) is 1.34. The molecule has 1 N–H and O–H groups in total. The summed E-state index contributed by atoms with van der Waals surface area (Å²) in [5.41, 5.74) is 1.12. The van der Waals surface area contributed by atoms with Gasteiger partial charge in [0.05, 0.1) is 18.0 Å². The van der Waals surface area contributed by atoms with Crippen LogP contribution in [0.15, 0.2) is 42.7 Å². The van der Waals surface area contributed by atoms with Gasteiger partial charge in [0, 0.05) is 24.7 Å². The molecule has 0 unspecified atom stereocenters. The maximum absolute atomic E-state index is 13.3. The molecule has 7 heteroatoms. The molecule has 0 radical (unpaired) electrons. The Hall–Kier alpha value is -2.83. The van der Waals surface area contributed by atoms with E-state index in [4.69, 9.17) is 0 Å². The molecule has 2 amide bonds. The van der Waals surface area contributed by atoms with Crippen molar-refractivity contribution >= 4 is 11.8 Å². The monoisotopic (exact) mass is 368 g/mol. The van der Waals surface area contributed by atoms with Crippen LogP contribution in [0, 0.1) is 11.2 Å². The molecule has 140 valence electrons. The Kier molecular flexibility index (Phi) is 4.59. The number of hydrogen-bond acceptors (Lipinski definition) is 4. The molecule has 27 heavy (non-hydrogen) atoms. The minimum atomic E-state index is -0.392. The highest BCUT2D eigenvalue weighted by molar-refractivity contribution is 5.94. The Balaban J connectivity index is 1.28. The first kappa shape index (κ1) is 17.6. The quantitative estimate of drug-likeness (QED) is 0.903. The lowest BCUT2D eigenvalue weighted by atomic mass is 9.60. The number of aromatic nitrogens is 2. The van der Waals surface area contributed by atoms with Crippen molar-refractivity contribution in [2.45, 2.75) is 31.7 Å². The molecule has 1 spiro atoms. The summed E-state index contributed by atoms with van der Waals surface area (Å²) in [6.07, 6.45) is 6.65. The van der Waals surface area contributed by atoms with Gasteiger partial charge in [0.1, 0.15) is 5.82 Å². The van der Waals surface area contributed by atoms with Crippen LogP contribution in [0.25, 0.3) is 0 Å². The molecule has 4 rings (SSSR count). The first-order valence-corrected chi connectivity index (χ1v) is 9.17. The number of carbonyl (C=O) groups excluding carboxylic acids is 2. The number of rotatable bonds is 3. The highest BCUT2D eigenvalue weighted by atomic mass is 19.1. The summed E-state index contributed by atoms with van der Waals surface area (Å²) in [7, 11) is 0. The van der Waals surface area contributed by atoms with Crippen LogP contribution in [0.5, 0.6) is 0 Å². The molecular weight excluding hydrogens is 347 g/mol. The van der Waals surface area contributed by atoms with Crippen molar-refractivity contribution in [3.05, 3.63) is 59.7 Å². The van der Waals surface area contributed by atoms with Crippen molar-refractivity contribution in [2.75, 3.05) is 13.1 Å². The van der Waals surface area contributed by atoms with E-state index >= 15 is 0 Å². The Morgan fingerprint density at radius 1 is 1.11 bits per heavy atom. The van der Waals surface area contributed by atoms with Gasteiger partial charge in [-0.1, -0.05) is 6.07 Å². The summed E-state index contributed by atoms with van der Waals surface area (Å²) in [4.78, 5) is 26.5. The van der Waals surface area contributed by atoms with Crippen LogP contribution in [0.3, 0.4) is 0 Å². The third-order valence-corrected chi connectivity index (χ3v) is 5.72. The summed E-state index contributed by atoms with van der Waals surface area (Å²) in [5.74, 6) is -0.626. The number of carbonyl (C=O) groups is 2. The van der Waals surface area contributed by atoms with Gasteiger partial charge in [-0.25, -0.2) is 4.39 Å². The Labute approximate surface area is 156 Å². The zero-order valence-electron chi connectivity index (χ0n) is 14.9. The largest absolute Gasteiger partial charge is 0.349 e. The number of hydrogen-bond donors (Lipinski definition) is 1. The Bertz CT molecular complexity index is 842. The molecule has 2 heterocycles. The van der Waals surface area contributed by atoms with Gasteiger partial charge in [-0.05, 0) is 55.4 Å². The third kappa shape index (κ3) is 3.67. The number of halogens is 1. The number of piperidine rings is 1. The van der Waals surface area contributed by atoms with E-state index in [1.54, 1.807) is 23.1 Å². The van der Waals surface area contributed by atoms with Crippen LogP contribution in [0.2, 0.25) is 0 Å². The van der Waals surface area contributed by atoms with Crippen LogP contribution >= 0.6 is 0 Å². The van der Waals surface area contributed by atoms with Crippen molar-refractivity contribution in [3.63, 3.8) is 0 Å². The maximum Gasteiger partial charge on any atom is 0.253 e. The van der Waals surface area contributed by atoms with Crippen molar-refractivity contribution in [1.29, 1.82) is 0 Å². The normalized spacial score (nSPS) is 18.8. The van der Waals surface area contributed by atoms with Gasteiger partial charge in [-0.3, -0.25) is 9.59 Å². The van der Waals surface area contributed by atoms with Gasteiger partial charge in [-0.15, -0.1) is 0 Å². The first-order chi connectivity index (χ1) is 13.0. The van der Waals surface area contributed by atoms with Crippen molar-refractivity contribution in [2.24, 2.45) is 5.41 Å². The van der Waals surface area contributed by atoms with E-state index < -0.39 is 5.82 Å². The second-order valence-corrected chi connectivity index (χ2v) is 7.51. The summed E-state index contributed by atoms with van der Waals surface area (Å²) >= 11 is 0.